The number of benzene rings is 2. The standard InChI is InChI=1S/C29H40N2O2/c1-30-19-18-29(24-13-9-14-27(32)20-24)21-26(17-16-25(29)22-30)31(2)28(33)15-8-4-7-12-23-10-5-3-6-11-23/h3,5-6,9-11,13-14,20,25-26,32H,4,7-8,12,15-19,21-22H2,1-2H3/t25-,26+,29+/m1/s1. The number of hydrogen-bond acceptors (Lipinski definition) is 3. The van der Waals surface area contributed by atoms with Crippen molar-refractivity contribution in [2.24, 2.45) is 5.92 Å². The summed E-state index contributed by atoms with van der Waals surface area (Å²) in [5.74, 6) is 1.22. The van der Waals surface area contributed by atoms with Crippen molar-refractivity contribution >= 4 is 5.91 Å². The molecule has 3 atom stereocenters. The molecule has 1 aliphatic heterocycles. The van der Waals surface area contributed by atoms with Crippen LogP contribution >= 0.6 is 0 Å². The highest BCUT2D eigenvalue weighted by molar-refractivity contribution is 5.76. The van der Waals surface area contributed by atoms with Crippen molar-refractivity contribution < 1.29 is 9.90 Å². The lowest BCUT2D eigenvalue weighted by Gasteiger charge is -2.53. The maximum Gasteiger partial charge on any atom is 0.222 e. The highest BCUT2D eigenvalue weighted by Crippen LogP contribution is 2.50. The first-order chi connectivity index (χ1) is 16.0. The van der Waals surface area contributed by atoms with Gasteiger partial charge in [0.05, 0.1) is 0 Å². The topological polar surface area (TPSA) is 43.8 Å². The Morgan fingerprint density at radius 2 is 1.91 bits per heavy atom. The molecule has 33 heavy (non-hydrogen) atoms. The number of rotatable bonds is 8. The van der Waals surface area contributed by atoms with Gasteiger partial charge in [0, 0.05) is 31.5 Å². The summed E-state index contributed by atoms with van der Waals surface area (Å²) < 4.78 is 0. The minimum Gasteiger partial charge on any atom is -0.508 e. The molecule has 2 fully saturated rings. The molecule has 1 heterocycles. The Kier molecular flexibility index (Phi) is 7.75. The van der Waals surface area contributed by atoms with E-state index >= 15 is 0 Å². The Balaban J connectivity index is 1.35. The molecule has 1 saturated carbocycles. The number of fused-ring (bicyclic) bond motifs is 1. The van der Waals surface area contributed by atoms with Crippen LogP contribution in [0.1, 0.15) is 62.5 Å². The van der Waals surface area contributed by atoms with Crippen LogP contribution in [0.4, 0.5) is 0 Å². The summed E-state index contributed by atoms with van der Waals surface area (Å²) in [5.41, 5.74) is 2.69. The Morgan fingerprint density at radius 1 is 1.09 bits per heavy atom. The van der Waals surface area contributed by atoms with Crippen molar-refractivity contribution in [2.45, 2.75) is 69.2 Å². The second-order valence-electron chi connectivity index (χ2n) is 10.4. The molecule has 0 unspecified atom stereocenters. The van der Waals surface area contributed by atoms with E-state index in [1.807, 2.05) is 19.2 Å². The fourth-order valence-electron chi connectivity index (χ4n) is 6.24. The number of nitrogens with zero attached hydrogens (tertiary/aromatic N) is 2. The van der Waals surface area contributed by atoms with E-state index < -0.39 is 0 Å². The molecule has 1 aliphatic carbocycles. The van der Waals surface area contributed by atoms with Gasteiger partial charge in [0.1, 0.15) is 5.75 Å². The van der Waals surface area contributed by atoms with Crippen molar-refractivity contribution in [3.05, 3.63) is 65.7 Å². The van der Waals surface area contributed by atoms with E-state index in [0.29, 0.717) is 18.1 Å². The molecule has 0 aromatic heterocycles. The summed E-state index contributed by atoms with van der Waals surface area (Å²) in [6.45, 7) is 2.17. The van der Waals surface area contributed by atoms with Gasteiger partial charge in [-0.1, -0.05) is 48.9 Å². The van der Waals surface area contributed by atoms with E-state index in [2.05, 4.69) is 53.2 Å². The van der Waals surface area contributed by atoms with Gasteiger partial charge in [0.15, 0.2) is 0 Å². The van der Waals surface area contributed by atoms with Gasteiger partial charge in [-0.15, -0.1) is 0 Å². The van der Waals surface area contributed by atoms with E-state index in [0.717, 1.165) is 64.5 Å². The maximum absolute atomic E-state index is 13.1. The molecule has 4 rings (SSSR count). The predicted octanol–water partition coefficient (Wildman–Crippen LogP) is 5.40. The molecule has 2 aliphatic rings. The van der Waals surface area contributed by atoms with Gasteiger partial charge in [-0.3, -0.25) is 4.79 Å². The van der Waals surface area contributed by atoms with Gasteiger partial charge in [-0.05, 0) is 87.7 Å². The Labute approximate surface area is 199 Å². The zero-order chi connectivity index (χ0) is 23.3. The molecule has 0 spiro atoms. The molecule has 1 N–H and O–H groups in total. The lowest BCUT2D eigenvalue weighted by Crippen LogP contribution is -2.55. The number of likely N-dealkylation sites (tertiary alicyclic amines) is 1. The molecule has 4 heteroatoms. The lowest BCUT2D eigenvalue weighted by atomic mass is 9.58. The summed E-state index contributed by atoms with van der Waals surface area (Å²) in [5, 5.41) is 10.2. The summed E-state index contributed by atoms with van der Waals surface area (Å²) in [7, 11) is 4.23. The van der Waals surface area contributed by atoms with Crippen LogP contribution in [0.5, 0.6) is 5.75 Å². The number of amides is 1. The van der Waals surface area contributed by atoms with Gasteiger partial charge in [0.2, 0.25) is 5.91 Å². The number of piperidine rings is 1. The monoisotopic (exact) mass is 448 g/mol. The molecule has 0 radical (unpaired) electrons. The first kappa shape index (κ1) is 23.8. The second-order valence-corrected chi connectivity index (χ2v) is 10.4. The summed E-state index contributed by atoms with van der Waals surface area (Å²) in [4.78, 5) is 17.6. The molecule has 2 aromatic carbocycles. The van der Waals surface area contributed by atoms with Crippen LogP contribution in [0, 0.1) is 5.92 Å². The number of hydrogen-bond donors (Lipinski definition) is 1. The Hall–Kier alpha value is -2.33. The third-order valence-corrected chi connectivity index (χ3v) is 8.26. The zero-order valence-electron chi connectivity index (χ0n) is 20.4. The largest absolute Gasteiger partial charge is 0.508 e. The summed E-state index contributed by atoms with van der Waals surface area (Å²) in [6.07, 6.45) is 9.26. The molecular formula is C29H40N2O2. The Morgan fingerprint density at radius 3 is 2.70 bits per heavy atom. The van der Waals surface area contributed by atoms with E-state index in [-0.39, 0.29) is 17.4 Å². The fraction of sp³-hybridized carbons (Fsp3) is 0.552. The van der Waals surface area contributed by atoms with Crippen LogP contribution in [0.25, 0.3) is 0 Å². The minimum absolute atomic E-state index is 0.0540. The number of unbranched alkanes of at least 4 members (excludes halogenated alkanes) is 2. The van der Waals surface area contributed by atoms with Crippen LogP contribution in [0.2, 0.25) is 0 Å². The molecular weight excluding hydrogens is 408 g/mol. The molecule has 4 nitrogen and oxygen atoms in total. The van der Waals surface area contributed by atoms with Crippen molar-refractivity contribution in [2.75, 3.05) is 27.2 Å². The fourth-order valence-corrected chi connectivity index (χ4v) is 6.24. The number of carbonyl (C=O) groups excluding carboxylic acids is 1. The van der Waals surface area contributed by atoms with Gasteiger partial charge in [-0.25, -0.2) is 0 Å². The average Bonchev–Trinajstić information content (AvgIpc) is 2.83. The number of aryl methyl sites for hydroxylation is 1. The third kappa shape index (κ3) is 5.60. The van der Waals surface area contributed by atoms with Crippen LogP contribution in [0.3, 0.4) is 0 Å². The van der Waals surface area contributed by atoms with Gasteiger partial charge >= 0.3 is 0 Å². The molecule has 2 aromatic rings. The van der Waals surface area contributed by atoms with Crippen LogP contribution < -0.4 is 0 Å². The average molecular weight is 449 g/mol. The number of phenols is 1. The van der Waals surface area contributed by atoms with Crippen LogP contribution in [-0.4, -0.2) is 54.0 Å². The lowest BCUT2D eigenvalue weighted by molar-refractivity contribution is -0.133. The highest BCUT2D eigenvalue weighted by Gasteiger charge is 2.48. The van der Waals surface area contributed by atoms with Gasteiger partial charge < -0.3 is 14.9 Å². The minimum atomic E-state index is 0.0540. The third-order valence-electron chi connectivity index (χ3n) is 8.26. The van der Waals surface area contributed by atoms with Crippen LogP contribution in [-0.2, 0) is 16.6 Å². The van der Waals surface area contributed by atoms with E-state index in [4.69, 9.17) is 0 Å². The molecule has 0 bridgehead atoms. The SMILES string of the molecule is CN1CC[C@@]2(c3cccc(O)c3)C[C@@H](N(C)C(=O)CCCCCc3ccccc3)CC[C@@H]2C1. The maximum atomic E-state index is 13.1. The quantitative estimate of drug-likeness (QED) is 0.550. The summed E-state index contributed by atoms with van der Waals surface area (Å²) >= 11 is 0. The first-order valence-corrected chi connectivity index (χ1v) is 12.8. The van der Waals surface area contributed by atoms with Gasteiger partial charge in [0.25, 0.3) is 0 Å². The normalized spacial score (nSPS) is 25.4. The zero-order valence-corrected chi connectivity index (χ0v) is 20.4. The van der Waals surface area contributed by atoms with Crippen molar-refractivity contribution in [1.82, 2.24) is 9.80 Å². The molecule has 178 valence electrons. The number of aromatic hydroxyl groups is 1. The second kappa shape index (κ2) is 10.7. The highest BCUT2D eigenvalue weighted by atomic mass is 16.3. The van der Waals surface area contributed by atoms with Crippen molar-refractivity contribution in [3.63, 3.8) is 0 Å². The Bertz CT molecular complexity index is 915. The predicted molar refractivity (Wildman–Crippen MR) is 134 cm³/mol. The van der Waals surface area contributed by atoms with Gasteiger partial charge in [-0.2, -0.15) is 0 Å². The van der Waals surface area contributed by atoms with Crippen molar-refractivity contribution in [1.29, 1.82) is 0 Å². The van der Waals surface area contributed by atoms with E-state index in [9.17, 15) is 9.90 Å². The molecule has 1 saturated heterocycles. The van der Waals surface area contributed by atoms with Crippen LogP contribution in [0.15, 0.2) is 54.6 Å². The van der Waals surface area contributed by atoms with E-state index in [1.54, 1.807) is 6.07 Å². The number of carbonyl (C=O) groups is 1. The van der Waals surface area contributed by atoms with Crippen molar-refractivity contribution in [3.8, 4) is 5.75 Å². The first-order valence-electron chi connectivity index (χ1n) is 12.8. The smallest absolute Gasteiger partial charge is 0.222 e. The van der Waals surface area contributed by atoms with E-state index in [1.165, 1.54) is 11.1 Å². The summed E-state index contributed by atoms with van der Waals surface area (Å²) in [6, 6.07) is 18.8. The number of phenolic OH excluding ortho intramolecular Hbond substituents is 1. The molecule has 1 amide bonds.